The molecular weight excluding hydrogens is 384 g/mol. The molecule has 2 amide bonds. The van der Waals surface area contributed by atoms with E-state index in [1.54, 1.807) is 44.3 Å². The van der Waals surface area contributed by atoms with Crippen molar-refractivity contribution in [2.75, 3.05) is 27.9 Å². The van der Waals surface area contributed by atoms with Crippen LogP contribution >= 0.6 is 0 Å². The molecule has 0 saturated heterocycles. The average Bonchev–Trinajstić information content (AvgIpc) is 3.32. The molecule has 0 saturated carbocycles. The number of benzene rings is 2. The van der Waals surface area contributed by atoms with E-state index in [1.165, 1.54) is 0 Å². The number of methoxy groups -OCH3 is 3. The summed E-state index contributed by atoms with van der Waals surface area (Å²) in [5.41, 5.74) is 2.87. The van der Waals surface area contributed by atoms with Gasteiger partial charge in [0, 0.05) is 31.1 Å². The van der Waals surface area contributed by atoms with E-state index >= 15 is 0 Å². The number of ether oxygens (including phenoxy) is 3. The lowest BCUT2D eigenvalue weighted by molar-refractivity contribution is 0.240. The van der Waals surface area contributed by atoms with Crippen molar-refractivity contribution in [3.05, 3.63) is 66.0 Å². The molecule has 3 rings (SSSR count). The van der Waals surface area contributed by atoms with Crippen LogP contribution in [0.3, 0.4) is 0 Å². The van der Waals surface area contributed by atoms with Crippen LogP contribution in [0.25, 0.3) is 5.69 Å². The Labute approximate surface area is 175 Å². The van der Waals surface area contributed by atoms with E-state index in [0.717, 1.165) is 23.2 Å². The van der Waals surface area contributed by atoms with Gasteiger partial charge < -0.3 is 24.8 Å². The molecule has 0 spiro atoms. The summed E-state index contributed by atoms with van der Waals surface area (Å²) < 4.78 is 17.8. The summed E-state index contributed by atoms with van der Waals surface area (Å²) in [7, 11) is 4.70. The standard InChI is InChI=1S/C22H26N4O4/c1-28-18-13-20(29-2)19(21(14-18)30-3)15-24-22(27)23-11-9-16-5-7-17(8-6-16)26-12-4-10-25-26/h4-8,10,12-14H,9,11,15H2,1-3H3,(H2,23,24,27). The van der Waals surface area contributed by atoms with Crippen LogP contribution < -0.4 is 24.8 Å². The van der Waals surface area contributed by atoms with Gasteiger partial charge in [-0.1, -0.05) is 12.1 Å². The fourth-order valence-corrected chi connectivity index (χ4v) is 3.04. The minimum Gasteiger partial charge on any atom is -0.496 e. The maximum absolute atomic E-state index is 12.2. The Morgan fingerprint density at radius 2 is 1.70 bits per heavy atom. The van der Waals surface area contributed by atoms with Gasteiger partial charge in [-0.2, -0.15) is 5.10 Å². The third-order valence-corrected chi connectivity index (χ3v) is 4.65. The minimum atomic E-state index is -0.261. The van der Waals surface area contributed by atoms with Gasteiger partial charge >= 0.3 is 6.03 Å². The maximum atomic E-state index is 12.2. The first kappa shape index (κ1) is 21.0. The Bertz CT molecular complexity index is 931. The van der Waals surface area contributed by atoms with Crippen molar-refractivity contribution < 1.29 is 19.0 Å². The SMILES string of the molecule is COc1cc(OC)c(CNC(=O)NCCc2ccc(-n3cccn3)cc2)c(OC)c1. The number of aromatic nitrogens is 2. The first-order chi connectivity index (χ1) is 14.6. The molecule has 2 aromatic carbocycles. The second-order valence-electron chi connectivity index (χ2n) is 6.49. The number of rotatable bonds is 9. The Balaban J connectivity index is 1.49. The summed E-state index contributed by atoms with van der Waals surface area (Å²) in [6.45, 7) is 0.782. The number of hydrogen-bond acceptors (Lipinski definition) is 5. The van der Waals surface area contributed by atoms with Gasteiger partial charge in [0.1, 0.15) is 17.2 Å². The zero-order chi connectivity index (χ0) is 21.3. The van der Waals surface area contributed by atoms with Crippen molar-refractivity contribution in [1.29, 1.82) is 0 Å². The van der Waals surface area contributed by atoms with E-state index in [9.17, 15) is 4.79 Å². The zero-order valence-electron chi connectivity index (χ0n) is 17.3. The third-order valence-electron chi connectivity index (χ3n) is 4.65. The number of nitrogens with zero attached hydrogens (tertiary/aromatic N) is 2. The fraction of sp³-hybridized carbons (Fsp3) is 0.273. The van der Waals surface area contributed by atoms with E-state index in [0.29, 0.717) is 23.8 Å². The summed E-state index contributed by atoms with van der Waals surface area (Å²) in [5, 5.41) is 9.91. The van der Waals surface area contributed by atoms with Gasteiger partial charge in [-0.05, 0) is 30.2 Å². The third kappa shape index (κ3) is 5.22. The van der Waals surface area contributed by atoms with Crippen LogP contribution in [0.4, 0.5) is 4.79 Å². The van der Waals surface area contributed by atoms with Crippen LogP contribution in [-0.4, -0.2) is 43.7 Å². The summed E-state index contributed by atoms with van der Waals surface area (Å²) in [4.78, 5) is 12.2. The average molecular weight is 410 g/mol. The Hall–Kier alpha value is -3.68. The van der Waals surface area contributed by atoms with E-state index in [2.05, 4.69) is 15.7 Å². The second-order valence-corrected chi connectivity index (χ2v) is 6.49. The topological polar surface area (TPSA) is 86.6 Å². The molecule has 0 atom stereocenters. The van der Waals surface area contributed by atoms with Gasteiger partial charge in [0.15, 0.2) is 0 Å². The largest absolute Gasteiger partial charge is 0.496 e. The molecule has 0 aliphatic heterocycles. The van der Waals surface area contributed by atoms with Gasteiger partial charge in [0.2, 0.25) is 0 Å². The second kappa shape index (κ2) is 10.2. The highest BCUT2D eigenvalue weighted by molar-refractivity contribution is 5.74. The van der Waals surface area contributed by atoms with Crippen LogP contribution in [0.15, 0.2) is 54.9 Å². The normalized spacial score (nSPS) is 10.4. The van der Waals surface area contributed by atoms with Crippen molar-refractivity contribution in [2.24, 2.45) is 0 Å². The molecule has 30 heavy (non-hydrogen) atoms. The Morgan fingerprint density at radius 3 is 2.27 bits per heavy atom. The van der Waals surface area contributed by atoms with Crippen LogP contribution in [0.1, 0.15) is 11.1 Å². The molecule has 1 aromatic heterocycles. The molecular formula is C22H26N4O4. The summed E-state index contributed by atoms with van der Waals surface area (Å²) in [6, 6.07) is 13.2. The molecule has 1 heterocycles. The smallest absolute Gasteiger partial charge is 0.315 e. The molecule has 0 aliphatic rings. The lowest BCUT2D eigenvalue weighted by Gasteiger charge is -2.16. The van der Waals surface area contributed by atoms with Gasteiger partial charge in [-0.3, -0.25) is 0 Å². The molecule has 0 unspecified atom stereocenters. The molecule has 2 N–H and O–H groups in total. The molecule has 8 heteroatoms. The predicted molar refractivity (Wildman–Crippen MR) is 114 cm³/mol. The molecule has 3 aromatic rings. The van der Waals surface area contributed by atoms with Crippen molar-refractivity contribution in [1.82, 2.24) is 20.4 Å². The lowest BCUT2D eigenvalue weighted by Crippen LogP contribution is -2.36. The number of amides is 2. The molecule has 158 valence electrons. The number of carbonyl (C=O) groups excluding carboxylic acids is 1. The minimum absolute atomic E-state index is 0.261. The summed E-state index contributed by atoms with van der Waals surface area (Å²) in [5.74, 6) is 1.79. The first-order valence-corrected chi connectivity index (χ1v) is 9.54. The molecule has 0 aliphatic carbocycles. The number of carbonyl (C=O) groups is 1. The first-order valence-electron chi connectivity index (χ1n) is 9.54. The van der Waals surface area contributed by atoms with Gasteiger partial charge in [0.05, 0.1) is 39.1 Å². The highest BCUT2D eigenvalue weighted by Crippen LogP contribution is 2.33. The van der Waals surface area contributed by atoms with Crippen molar-refractivity contribution in [3.8, 4) is 22.9 Å². The van der Waals surface area contributed by atoms with E-state index in [4.69, 9.17) is 14.2 Å². The highest BCUT2D eigenvalue weighted by atomic mass is 16.5. The highest BCUT2D eigenvalue weighted by Gasteiger charge is 2.14. The van der Waals surface area contributed by atoms with Gasteiger partial charge in [-0.15, -0.1) is 0 Å². The molecule has 0 radical (unpaired) electrons. The monoisotopic (exact) mass is 410 g/mol. The van der Waals surface area contributed by atoms with Gasteiger partial charge in [0.25, 0.3) is 0 Å². The summed E-state index contributed by atoms with van der Waals surface area (Å²) >= 11 is 0. The van der Waals surface area contributed by atoms with E-state index in [-0.39, 0.29) is 12.6 Å². The molecule has 0 fully saturated rings. The number of nitrogens with one attached hydrogen (secondary N) is 2. The lowest BCUT2D eigenvalue weighted by atomic mass is 10.1. The van der Waals surface area contributed by atoms with Crippen LogP contribution in [0.2, 0.25) is 0 Å². The Kier molecular flexibility index (Phi) is 7.15. The van der Waals surface area contributed by atoms with E-state index < -0.39 is 0 Å². The van der Waals surface area contributed by atoms with Crippen LogP contribution in [0, 0.1) is 0 Å². The predicted octanol–water partition coefficient (Wildman–Crippen LogP) is 2.94. The maximum Gasteiger partial charge on any atom is 0.315 e. The molecule has 0 bridgehead atoms. The van der Waals surface area contributed by atoms with Crippen molar-refractivity contribution in [3.63, 3.8) is 0 Å². The van der Waals surface area contributed by atoms with E-state index in [1.807, 2.05) is 36.5 Å². The van der Waals surface area contributed by atoms with Crippen LogP contribution in [0.5, 0.6) is 17.2 Å². The fourth-order valence-electron chi connectivity index (χ4n) is 3.04. The number of hydrogen-bond donors (Lipinski definition) is 2. The van der Waals surface area contributed by atoms with Gasteiger partial charge in [-0.25, -0.2) is 9.48 Å². The summed E-state index contributed by atoms with van der Waals surface area (Å²) in [6.07, 6.45) is 4.36. The zero-order valence-corrected chi connectivity index (χ0v) is 17.3. The number of urea groups is 1. The molecule has 8 nitrogen and oxygen atoms in total. The van der Waals surface area contributed by atoms with Crippen molar-refractivity contribution >= 4 is 6.03 Å². The quantitative estimate of drug-likeness (QED) is 0.566. The Morgan fingerprint density at radius 1 is 1.00 bits per heavy atom. The van der Waals surface area contributed by atoms with Crippen LogP contribution in [-0.2, 0) is 13.0 Å². The van der Waals surface area contributed by atoms with Crippen molar-refractivity contribution in [2.45, 2.75) is 13.0 Å².